The minimum Gasteiger partial charge on any atom is -0.385 e. The monoisotopic (exact) mass is 459 g/mol. The van der Waals surface area contributed by atoms with Gasteiger partial charge in [-0.2, -0.15) is 5.10 Å². The molecule has 0 bridgehead atoms. The molecule has 7 heteroatoms. The van der Waals surface area contributed by atoms with Gasteiger partial charge in [0, 0.05) is 40.9 Å². The van der Waals surface area contributed by atoms with Crippen molar-refractivity contribution in [1.29, 1.82) is 0 Å². The summed E-state index contributed by atoms with van der Waals surface area (Å²) in [6.07, 6.45) is 0.745. The molecule has 5 nitrogen and oxygen atoms in total. The second kappa shape index (κ2) is 8.07. The Morgan fingerprint density at radius 3 is 2.68 bits per heavy atom. The second-order valence-electron chi connectivity index (χ2n) is 6.64. The van der Waals surface area contributed by atoms with E-state index in [1.54, 1.807) is 7.11 Å². The van der Waals surface area contributed by atoms with Gasteiger partial charge in [0.25, 0.3) is 5.91 Å². The molecule has 0 spiro atoms. The molecule has 144 valence electrons. The van der Waals surface area contributed by atoms with Crippen molar-refractivity contribution < 1.29 is 9.53 Å². The fourth-order valence-corrected chi connectivity index (χ4v) is 4.16. The topological polar surface area (TPSA) is 58.2 Å². The Morgan fingerprint density at radius 1 is 1.21 bits per heavy atom. The number of aromatic amines is 1. The fourth-order valence-electron chi connectivity index (χ4n) is 3.65. The van der Waals surface area contributed by atoms with E-state index in [0.29, 0.717) is 23.9 Å². The molecule has 0 aliphatic carbocycles. The summed E-state index contributed by atoms with van der Waals surface area (Å²) in [6, 6.07) is 15.3. The van der Waals surface area contributed by atoms with Gasteiger partial charge in [-0.3, -0.25) is 9.89 Å². The third kappa shape index (κ3) is 3.36. The molecule has 0 fully saturated rings. The van der Waals surface area contributed by atoms with Crippen molar-refractivity contribution in [3.8, 4) is 11.3 Å². The number of nitrogens with one attached hydrogen (secondary N) is 1. The summed E-state index contributed by atoms with van der Waals surface area (Å²) in [5.41, 5.74) is 4.02. The lowest BCUT2D eigenvalue weighted by Gasteiger charge is -2.27. The van der Waals surface area contributed by atoms with Crippen LogP contribution in [0.5, 0.6) is 0 Å². The minimum absolute atomic E-state index is 0.0631. The Balaban J connectivity index is 1.83. The van der Waals surface area contributed by atoms with Gasteiger partial charge in [0.1, 0.15) is 5.69 Å². The number of rotatable bonds is 6. The van der Waals surface area contributed by atoms with Gasteiger partial charge in [-0.1, -0.05) is 57.9 Å². The SMILES string of the molecule is COCCCN1C(=O)c2[nH]nc(-c3ccc(Br)cc3)c2C1c1ccccc1Cl. The molecular weight excluding hydrogens is 442 g/mol. The number of hydrogen-bond acceptors (Lipinski definition) is 3. The van der Waals surface area contributed by atoms with E-state index in [4.69, 9.17) is 16.3 Å². The highest BCUT2D eigenvalue weighted by atomic mass is 79.9. The molecule has 0 saturated heterocycles. The number of aromatic nitrogens is 2. The zero-order chi connectivity index (χ0) is 19.7. The third-order valence-corrected chi connectivity index (χ3v) is 5.80. The molecule has 2 heterocycles. The van der Waals surface area contributed by atoms with Gasteiger partial charge >= 0.3 is 0 Å². The van der Waals surface area contributed by atoms with Crippen molar-refractivity contribution in [2.24, 2.45) is 0 Å². The third-order valence-electron chi connectivity index (χ3n) is 4.93. The van der Waals surface area contributed by atoms with Gasteiger partial charge in [0.2, 0.25) is 0 Å². The van der Waals surface area contributed by atoms with E-state index in [2.05, 4.69) is 26.1 Å². The number of amides is 1. The first-order chi connectivity index (χ1) is 13.6. The standard InChI is InChI=1S/C21H19BrClN3O2/c1-28-12-4-11-26-20(15-5-2-3-6-16(15)23)17-18(24-25-19(17)21(26)27)13-7-9-14(22)10-8-13/h2-3,5-10,20H,4,11-12H2,1H3,(H,24,25). The quantitative estimate of drug-likeness (QED) is 0.522. The van der Waals surface area contributed by atoms with Crippen LogP contribution in [0.15, 0.2) is 53.0 Å². The van der Waals surface area contributed by atoms with E-state index in [9.17, 15) is 4.79 Å². The summed E-state index contributed by atoms with van der Waals surface area (Å²) in [7, 11) is 1.66. The number of H-pyrrole nitrogens is 1. The zero-order valence-electron chi connectivity index (χ0n) is 15.3. The van der Waals surface area contributed by atoms with Crippen LogP contribution in [0.25, 0.3) is 11.3 Å². The van der Waals surface area contributed by atoms with Crippen LogP contribution in [-0.2, 0) is 4.74 Å². The maximum atomic E-state index is 13.1. The highest BCUT2D eigenvalue weighted by Gasteiger charge is 2.42. The Kier molecular flexibility index (Phi) is 5.53. The molecule has 0 radical (unpaired) electrons. The lowest BCUT2D eigenvalue weighted by atomic mass is 9.96. The number of halogens is 2. The summed E-state index contributed by atoms with van der Waals surface area (Å²) < 4.78 is 6.16. The Hall–Kier alpha value is -2.15. The van der Waals surface area contributed by atoms with Crippen molar-refractivity contribution >= 4 is 33.4 Å². The van der Waals surface area contributed by atoms with Crippen LogP contribution >= 0.6 is 27.5 Å². The van der Waals surface area contributed by atoms with Gasteiger partial charge in [-0.25, -0.2) is 0 Å². The van der Waals surface area contributed by atoms with E-state index < -0.39 is 0 Å². The molecular formula is C21H19BrClN3O2. The molecule has 1 aliphatic heterocycles. The zero-order valence-corrected chi connectivity index (χ0v) is 17.6. The summed E-state index contributed by atoms with van der Waals surface area (Å²) in [4.78, 5) is 15.0. The number of fused-ring (bicyclic) bond motifs is 1. The van der Waals surface area contributed by atoms with Crippen LogP contribution in [0.1, 0.15) is 34.1 Å². The maximum absolute atomic E-state index is 13.1. The van der Waals surface area contributed by atoms with Crippen molar-refractivity contribution in [2.45, 2.75) is 12.5 Å². The molecule has 1 aliphatic rings. The molecule has 3 aromatic rings. The van der Waals surface area contributed by atoms with Crippen molar-refractivity contribution in [1.82, 2.24) is 15.1 Å². The number of carbonyl (C=O) groups is 1. The van der Waals surface area contributed by atoms with Crippen molar-refractivity contribution in [2.75, 3.05) is 20.3 Å². The lowest BCUT2D eigenvalue weighted by Crippen LogP contribution is -2.31. The van der Waals surface area contributed by atoms with Gasteiger partial charge in [-0.15, -0.1) is 0 Å². The predicted molar refractivity (Wildman–Crippen MR) is 113 cm³/mol. The largest absolute Gasteiger partial charge is 0.385 e. The van der Waals surface area contributed by atoms with Crippen LogP contribution in [0.4, 0.5) is 0 Å². The lowest BCUT2D eigenvalue weighted by molar-refractivity contribution is 0.0723. The van der Waals surface area contributed by atoms with Gasteiger partial charge < -0.3 is 9.64 Å². The molecule has 0 saturated carbocycles. The van der Waals surface area contributed by atoms with E-state index >= 15 is 0 Å². The molecule has 4 rings (SSSR count). The highest BCUT2D eigenvalue weighted by Crippen LogP contribution is 2.44. The first-order valence-corrected chi connectivity index (χ1v) is 10.2. The number of nitrogens with zero attached hydrogens (tertiary/aromatic N) is 2. The highest BCUT2D eigenvalue weighted by molar-refractivity contribution is 9.10. The first-order valence-electron chi connectivity index (χ1n) is 9.00. The number of carbonyl (C=O) groups excluding carboxylic acids is 1. The smallest absolute Gasteiger partial charge is 0.273 e. The summed E-state index contributed by atoms with van der Waals surface area (Å²) in [5.74, 6) is -0.0631. The van der Waals surface area contributed by atoms with Crippen LogP contribution < -0.4 is 0 Å². The number of ether oxygens (including phenoxy) is 1. The minimum atomic E-state index is -0.287. The second-order valence-corrected chi connectivity index (χ2v) is 7.96. The Labute approximate surface area is 176 Å². The molecule has 1 amide bonds. The van der Waals surface area contributed by atoms with Gasteiger partial charge in [-0.05, 0) is 30.2 Å². The van der Waals surface area contributed by atoms with E-state index in [1.165, 1.54) is 0 Å². The van der Waals surface area contributed by atoms with Gasteiger partial charge in [0.15, 0.2) is 0 Å². The Morgan fingerprint density at radius 2 is 1.96 bits per heavy atom. The van der Waals surface area contributed by atoms with Crippen LogP contribution in [0.2, 0.25) is 5.02 Å². The van der Waals surface area contributed by atoms with Crippen LogP contribution in [0.3, 0.4) is 0 Å². The average Bonchev–Trinajstić information content (AvgIpc) is 3.23. The maximum Gasteiger partial charge on any atom is 0.273 e. The van der Waals surface area contributed by atoms with Crippen LogP contribution in [0, 0.1) is 0 Å². The summed E-state index contributed by atoms with van der Waals surface area (Å²) >= 11 is 10.00. The number of methoxy groups -OCH3 is 1. The van der Waals surface area contributed by atoms with E-state index in [1.807, 2.05) is 53.4 Å². The predicted octanol–water partition coefficient (Wildman–Crippen LogP) is 5.07. The average molecular weight is 461 g/mol. The molecule has 2 aromatic carbocycles. The van der Waals surface area contributed by atoms with Crippen molar-refractivity contribution in [3.05, 3.63) is 74.8 Å². The fraction of sp³-hybridized carbons (Fsp3) is 0.238. The molecule has 28 heavy (non-hydrogen) atoms. The number of hydrogen-bond donors (Lipinski definition) is 1. The summed E-state index contributed by atoms with van der Waals surface area (Å²) in [6.45, 7) is 1.16. The number of benzene rings is 2. The van der Waals surface area contributed by atoms with E-state index in [-0.39, 0.29) is 11.9 Å². The van der Waals surface area contributed by atoms with Crippen molar-refractivity contribution in [3.63, 3.8) is 0 Å². The summed E-state index contributed by atoms with van der Waals surface area (Å²) in [5, 5.41) is 8.06. The molecule has 1 N–H and O–H groups in total. The molecule has 1 aromatic heterocycles. The Bertz CT molecular complexity index is 1000. The normalized spacial score (nSPS) is 15.9. The first kappa shape index (κ1) is 19.2. The van der Waals surface area contributed by atoms with E-state index in [0.717, 1.165) is 33.3 Å². The molecule has 1 unspecified atom stereocenters. The molecule has 1 atom stereocenters. The van der Waals surface area contributed by atoms with Crippen LogP contribution in [-0.4, -0.2) is 41.3 Å². The van der Waals surface area contributed by atoms with Gasteiger partial charge in [0.05, 0.1) is 11.7 Å².